The largest absolute Gasteiger partial charge is 0.497 e. The van der Waals surface area contributed by atoms with E-state index < -0.39 is 0 Å². The Morgan fingerprint density at radius 3 is 2.05 bits per heavy atom. The van der Waals surface area contributed by atoms with Gasteiger partial charge in [-0.1, -0.05) is 66.7 Å². The molecule has 0 bridgehead atoms. The predicted molar refractivity (Wildman–Crippen MR) is 148 cm³/mol. The molecular formula is C30H30Cl2N2O3. The lowest BCUT2D eigenvalue weighted by molar-refractivity contribution is -0.134. The van der Waals surface area contributed by atoms with Gasteiger partial charge in [0.15, 0.2) is 0 Å². The van der Waals surface area contributed by atoms with Gasteiger partial charge in [-0.05, 0) is 60.4 Å². The van der Waals surface area contributed by atoms with Crippen LogP contribution in [0, 0.1) is 5.92 Å². The number of ether oxygens (including phenoxy) is 2. The third-order valence-electron chi connectivity index (χ3n) is 7.33. The number of amides is 1. The Labute approximate surface area is 228 Å². The lowest BCUT2D eigenvalue weighted by Crippen LogP contribution is -2.42. The third kappa shape index (κ3) is 5.21. The number of aliphatic imine (C=N–C) groups is 1. The molecule has 0 unspecified atom stereocenters. The van der Waals surface area contributed by atoms with Crippen LogP contribution in [0.3, 0.4) is 0 Å². The van der Waals surface area contributed by atoms with Gasteiger partial charge in [-0.25, -0.2) is 0 Å². The van der Waals surface area contributed by atoms with Gasteiger partial charge in [-0.15, -0.1) is 0 Å². The molecule has 37 heavy (non-hydrogen) atoms. The molecule has 0 radical (unpaired) electrons. The first-order valence-electron chi connectivity index (χ1n) is 12.6. The highest BCUT2D eigenvalue weighted by molar-refractivity contribution is 6.30. The van der Waals surface area contributed by atoms with E-state index in [-0.39, 0.29) is 23.9 Å². The summed E-state index contributed by atoms with van der Waals surface area (Å²) in [6.45, 7) is 0. The van der Waals surface area contributed by atoms with Gasteiger partial charge < -0.3 is 9.47 Å². The Balaban J connectivity index is 1.69. The maximum atomic E-state index is 14.3. The van der Waals surface area contributed by atoms with Crippen molar-refractivity contribution in [2.24, 2.45) is 10.9 Å². The Morgan fingerprint density at radius 1 is 0.838 bits per heavy atom. The SMILES string of the molecule is COc1ccc(C2=N[C@H](c3ccc(Cl)cc3)[C@H](c3ccc(Cl)cc3)N2C(=O)C2CCCCC2)c(OC)c1. The number of hydrogen-bond acceptors (Lipinski definition) is 4. The lowest BCUT2D eigenvalue weighted by Gasteiger charge is -2.33. The molecule has 0 spiro atoms. The minimum Gasteiger partial charge on any atom is -0.497 e. The van der Waals surface area contributed by atoms with E-state index in [1.54, 1.807) is 14.2 Å². The van der Waals surface area contributed by atoms with Gasteiger partial charge in [0.25, 0.3) is 0 Å². The molecule has 5 rings (SSSR count). The first-order valence-corrected chi connectivity index (χ1v) is 13.4. The van der Waals surface area contributed by atoms with Crippen molar-refractivity contribution in [1.29, 1.82) is 0 Å². The van der Waals surface area contributed by atoms with Gasteiger partial charge in [0.05, 0.1) is 25.8 Å². The van der Waals surface area contributed by atoms with Crippen LogP contribution in [0.2, 0.25) is 10.0 Å². The molecule has 7 heteroatoms. The summed E-state index contributed by atoms with van der Waals surface area (Å²) >= 11 is 12.5. The summed E-state index contributed by atoms with van der Waals surface area (Å²) in [5.41, 5.74) is 2.70. The highest BCUT2D eigenvalue weighted by Gasteiger charge is 2.44. The number of methoxy groups -OCH3 is 2. The second-order valence-corrected chi connectivity index (χ2v) is 10.4. The fourth-order valence-corrected chi connectivity index (χ4v) is 5.67. The molecule has 1 saturated carbocycles. The monoisotopic (exact) mass is 536 g/mol. The van der Waals surface area contributed by atoms with Crippen molar-refractivity contribution in [1.82, 2.24) is 4.90 Å². The number of hydrogen-bond donors (Lipinski definition) is 0. The van der Waals surface area contributed by atoms with E-state index in [2.05, 4.69) is 0 Å². The van der Waals surface area contributed by atoms with E-state index in [4.69, 9.17) is 37.7 Å². The molecule has 1 aliphatic carbocycles. The van der Waals surface area contributed by atoms with Gasteiger partial charge in [0.2, 0.25) is 5.91 Å². The summed E-state index contributed by atoms with van der Waals surface area (Å²) in [5, 5.41) is 1.30. The van der Waals surface area contributed by atoms with Crippen LogP contribution < -0.4 is 9.47 Å². The van der Waals surface area contributed by atoms with Crippen molar-refractivity contribution in [3.8, 4) is 11.5 Å². The van der Waals surface area contributed by atoms with Crippen LogP contribution in [0.15, 0.2) is 71.7 Å². The molecule has 1 aliphatic heterocycles. The molecule has 1 amide bonds. The third-order valence-corrected chi connectivity index (χ3v) is 7.84. The standard InChI is InChI=1S/C30H30Cl2N2O3/c1-36-24-16-17-25(26(18-24)37-2)29-33-27(19-8-12-22(31)13-9-19)28(20-10-14-23(32)15-11-20)34(29)30(35)21-6-4-3-5-7-21/h8-18,21,27-28H,3-7H2,1-2H3/t27-,28+/m1/s1. The van der Waals surface area contributed by atoms with Crippen molar-refractivity contribution in [2.45, 2.75) is 44.2 Å². The van der Waals surface area contributed by atoms with E-state index in [0.717, 1.165) is 42.4 Å². The molecule has 2 aliphatic rings. The Morgan fingerprint density at radius 2 is 1.46 bits per heavy atom. The van der Waals surface area contributed by atoms with Crippen LogP contribution in [-0.2, 0) is 4.79 Å². The van der Waals surface area contributed by atoms with Crippen molar-refractivity contribution >= 4 is 34.9 Å². The van der Waals surface area contributed by atoms with Crippen molar-refractivity contribution in [3.63, 3.8) is 0 Å². The summed E-state index contributed by atoms with van der Waals surface area (Å²) in [6.07, 6.45) is 5.08. The Hall–Kier alpha value is -3.02. The molecule has 0 N–H and O–H groups in total. The molecule has 1 heterocycles. The van der Waals surface area contributed by atoms with Crippen LogP contribution in [0.1, 0.15) is 60.9 Å². The summed E-state index contributed by atoms with van der Waals surface area (Å²) in [7, 11) is 3.24. The molecule has 0 saturated heterocycles. The predicted octanol–water partition coefficient (Wildman–Crippen LogP) is 7.66. The fraction of sp³-hybridized carbons (Fsp3) is 0.333. The van der Waals surface area contributed by atoms with Crippen LogP contribution in [0.25, 0.3) is 0 Å². The van der Waals surface area contributed by atoms with Gasteiger partial charge in [0.1, 0.15) is 23.4 Å². The summed E-state index contributed by atoms with van der Waals surface area (Å²) in [4.78, 5) is 21.5. The summed E-state index contributed by atoms with van der Waals surface area (Å²) in [5.74, 6) is 1.95. The van der Waals surface area contributed by atoms with Gasteiger partial charge in [-0.3, -0.25) is 14.7 Å². The van der Waals surface area contributed by atoms with E-state index in [1.165, 1.54) is 6.42 Å². The van der Waals surface area contributed by atoms with Crippen LogP contribution >= 0.6 is 23.2 Å². The highest BCUT2D eigenvalue weighted by atomic mass is 35.5. The number of carbonyl (C=O) groups is 1. The molecule has 5 nitrogen and oxygen atoms in total. The summed E-state index contributed by atoms with van der Waals surface area (Å²) < 4.78 is 11.2. The van der Waals surface area contributed by atoms with Crippen molar-refractivity contribution < 1.29 is 14.3 Å². The Bertz CT molecular complexity index is 1290. The topological polar surface area (TPSA) is 51.1 Å². The normalized spacial score (nSPS) is 20.0. The first kappa shape index (κ1) is 25.6. The molecule has 3 aromatic rings. The second-order valence-electron chi connectivity index (χ2n) is 9.55. The highest BCUT2D eigenvalue weighted by Crippen LogP contribution is 2.46. The van der Waals surface area contributed by atoms with E-state index in [9.17, 15) is 4.79 Å². The Kier molecular flexibility index (Phi) is 7.73. The zero-order chi connectivity index (χ0) is 25.9. The van der Waals surface area contributed by atoms with Crippen LogP contribution in [-0.4, -0.2) is 30.9 Å². The van der Waals surface area contributed by atoms with E-state index in [1.807, 2.05) is 71.6 Å². The smallest absolute Gasteiger partial charge is 0.231 e. The van der Waals surface area contributed by atoms with Gasteiger partial charge in [0, 0.05) is 22.0 Å². The lowest BCUT2D eigenvalue weighted by atomic mass is 9.86. The molecule has 2 atom stereocenters. The van der Waals surface area contributed by atoms with Crippen molar-refractivity contribution in [2.75, 3.05) is 14.2 Å². The molecule has 192 valence electrons. The number of halogens is 2. The molecular weight excluding hydrogens is 507 g/mol. The van der Waals surface area contributed by atoms with Crippen LogP contribution in [0.5, 0.6) is 11.5 Å². The quantitative estimate of drug-likeness (QED) is 0.324. The molecule has 1 fully saturated rings. The number of benzene rings is 3. The minimum atomic E-state index is -0.338. The van der Waals surface area contributed by atoms with Crippen LogP contribution in [0.4, 0.5) is 0 Å². The van der Waals surface area contributed by atoms with Gasteiger partial charge in [-0.2, -0.15) is 0 Å². The van der Waals surface area contributed by atoms with Gasteiger partial charge >= 0.3 is 0 Å². The maximum absolute atomic E-state index is 14.3. The first-order chi connectivity index (χ1) is 18.0. The average Bonchev–Trinajstić information content (AvgIpc) is 3.33. The zero-order valence-corrected chi connectivity index (χ0v) is 22.5. The fourth-order valence-electron chi connectivity index (χ4n) is 5.42. The molecule has 0 aromatic heterocycles. The summed E-state index contributed by atoms with van der Waals surface area (Å²) in [6, 6.07) is 20.4. The number of amidine groups is 1. The number of rotatable bonds is 6. The van der Waals surface area contributed by atoms with E-state index in [0.29, 0.717) is 27.4 Å². The van der Waals surface area contributed by atoms with Crippen molar-refractivity contribution in [3.05, 3.63) is 93.5 Å². The average molecular weight is 537 g/mol. The second kappa shape index (κ2) is 11.2. The minimum absolute atomic E-state index is 0.0399. The number of carbonyl (C=O) groups excluding carboxylic acids is 1. The maximum Gasteiger partial charge on any atom is 0.231 e. The zero-order valence-electron chi connectivity index (χ0n) is 21.0. The van der Waals surface area contributed by atoms with E-state index >= 15 is 0 Å². The number of nitrogens with zero attached hydrogens (tertiary/aromatic N) is 2. The molecule has 3 aromatic carbocycles.